The molecule has 1 nitrogen and oxygen atoms in total. The number of Topliss-reactive ketones (excluding diaryl/α,β-unsaturated/α-hetero) is 1. The van der Waals surface area contributed by atoms with Crippen LogP contribution in [0.15, 0.2) is 24.3 Å². The van der Waals surface area contributed by atoms with Crippen LogP contribution < -0.4 is 0 Å². The Labute approximate surface area is 91.5 Å². The number of carbonyl (C=O) groups excluding carboxylic acids is 1. The van der Waals surface area contributed by atoms with E-state index in [2.05, 4.69) is 6.92 Å². The molecule has 0 amide bonds. The predicted molar refractivity (Wildman–Crippen MR) is 62.1 cm³/mol. The number of hydrogen-bond donors (Lipinski definition) is 0. The first-order chi connectivity index (χ1) is 7.12. The van der Waals surface area contributed by atoms with E-state index in [0.717, 1.165) is 18.4 Å². The average Bonchev–Trinajstić information content (AvgIpc) is 2.67. The third-order valence-electron chi connectivity index (χ3n) is 3.57. The third-order valence-corrected chi connectivity index (χ3v) is 3.57. The van der Waals surface area contributed by atoms with Crippen molar-refractivity contribution < 1.29 is 4.79 Å². The molecule has 1 aromatic carbocycles. The maximum atomic E-state index is 12.3. The van der Waals surface area contributed by atoms with Crippen LogP contribution in [0.5, 0.6) is 0 Å². The summed E-state index contributed by atoms with van der Waals surface area (Å²) in [5, 5.41) is 0. The van der Waals surface area contributed by atoms with E-state index in [1.165, 1.54) is 18.4 Å². The quantitative estimate of drug-likeness (QED) is 0.667. The summed E-state index contributed by atoms with van der Waals surface area (Å²) in [4.78, 5) is 12.3. The molecule has 1 aliphatic carbocycles. The first-order valence-corrected chi connectivity index (χ1v) is 5.73. The van der Waals surface area contributed by atoms with Crippen LogP contribution >= 0.6 is 0 Å². The molecule has 15 heavy (non-hydrogen) atoms. The van der Waals surface area contributed by atoms with Crippen molar-refractivity contribution in [3.8, 4) is 0 Å². The Bertz CT molecular complexity index is 355. The van der Waals surface area contributed by atoms with Gasteiger partial charge in [-0.15, -0.1) is 0 Å². The third kappa shape index (κ3) is 1.97. The number of rotatable bonds is 2. The van der Waals surface area contributed by atoms with Crippen LogP contribution in [0.4, 0.5) is 0 Å². The van der Waals surface area contributed by atoms with Gasteiger partial charge in [0.1, 0.15) is 0 Å². The van der Waals surface area contributed by atoms with Crippen molar-refractivity contribution in [3.05, 3.63) is 35.4 Å². The summed E-state index contributed by atoms with van der Waals surface area (Å²) in [6, 6.07) is 7.96. The zero-order valence-corrected chi connectivity index (χ0v) is 9.55. The highest BCUT2D eigenvalue weighted by atomic mass is 16.1. The number of aryl methyl sites for hydroxylation is 1. The van der Waals surface area contributed by atoms with Crippen LogP contribution in [0.25, 0.3) is 0 Å². The molecular formula is C14H18O. The fraction of sp³-hybridized carbons (Fsp3) is 0.500. The van der Waals surface area contributed by atoms with Crippen LogP contribution in [0, 0.1) is 12.3 Å². The molecule has 1 aromatic rings. The minimum Gasteiger partial charge on any atom is -0.294 e. The first-order valence-electron chi connectivity index (χ1n) is 5.73. The zero-order chi connectivity index (χ0) is 10.9. The van der Waals surface area contributed by atoms with Crippen molar-refractivity contribution in [1.29, 1.82) is 0 Å². The molecule has 0 heterocycles. The number of benzene rings is 1. The lowest BCUT2D eigenvalue weighted by atomic mass is 9.81. The average molecular weight is 202 g/mol. The summed E-state index contributed by atoms with van der Waals surface area (Å²) < 4.78 is 0. The maximum absolute atomic E-state index is 12.3. The molecule has 1 aliphatic rings. The summed E-state index contributed by atoms with van der Waals surface area (Å²) >= 11 is 0. The molecule has 0 aliphatic heterocycles. The van der Waals surface area contributed by atoms with Crippen molar-refractivity contribution in [2.75, 3.05) is 0 Å². The normalized spacial score (nSPS) is 19.1. The summed E-state index contributed by atoms with van der Waals surface area (Å²) in [5.41, 5.74) is 2.00. The molecule has 0 radical (unpaired) electrons. The SMILES string of the molecule is Cc1ccc(C(=O)C2(C)CCCC2)cc1. The van der Waals surface area contributed by atoms with Gasteiger partial charge in [0.2, 0.25) is 0 Å². The Hall–Kier alpha value is -1.11. The van der Waals surface area contributed by atoms with E-state index in [0.29, 0.717) is 5.78 Å². The lowest BCUT2D eigenvalue weighted by Crippen LogP contribution is -2.24. The van der Waals surface area contributed by atoms with Crippen LogP contribution in [0.1, 0.15) is 48.5 Å². The molecule has 80 valence electrons. The lowest BCUT2D eigenvalue weighted by molar-refractivity contribution is 0.0823. The van der Waals surface area contributed by atoms with Crippen molar-refractivity contribution in [2.24, 2.45) is 5.41 Å². The second-order valence-electron chi connectivity index (χ2n) is 4.96. The highest BCUT2D eigenvalue weighted by Gasteiger charge is 2.36. The van der Waals surface area contributed by atoms with Crippen molar-refractivity contribution >= 4 is 5.78 Å². The van der Waals surface area contributed by atoms with E-state index in [1.54, 1.807) is 0 Å². The Kier molecular flexibility index (Phi) is 2.64. The fourth-order valence-corrected chi connectivity index (χ4v) is 2.44. The second kappa shape index (κ2) is 3.80. The molecule has 0 aromatic heterocycles. The van der Waals surface area contributed by atoms with Gasteiger partial charge in [-0.25, -0.2) is 0 Å². The molecule has 1 saturated carbocycles. The van der Waals surface area contributed by atoms with Gasteiger partial charge in [-0.3, -0.25) is 4.79 Å². The second-order valence-corrected chi connectivity index (χ2v) is 4.96. The van der Waals surface area contributed by atoms with E-state index in [4.69, 9.17) is 0 Å². The topological polar surface area (TPSA) is 17.1 Å². The molecule has 1 fully saturated rings. The number of carbonyl (C=O) groups is 1. The minimum absolute atomic E-state index is 0.0880. The molecule has 1 heteroatoms. The number of ketones is 1. The molecule has 0 N–H and O–H groups in total. The van der Waals surface area contributed by atoms with Gasteiger partial charge in [0.25, 0.3) is 0 Å². The maximum Gasteiger partial charge on any atom is 0.168 e. The van der Waals surface area contributed by atoms with E-state index in [9.17, 15) is 4.79 Å². The largest absolute Gasteiger partial charge is 0.294 e. The van der Waals surface area contributed by atoms with Gasteiger partial charge in [-0.2, -0.15) is 0 Å². The standard InChI is InChI=1S/C14H18O/c1-11-5-7-12(8-6-11)13(15)14(2)9-3-4-10-14/h5-8H,3-4,9-10H2,1-2H3. The van der Waals surface area contributed by atoms with E-state index in [-0.39, 0.29) is 5.41 Å². The smallest absolute Gasteiger partial charge is 0.168 e. The van der Waals surface area contributed by atoms with Crippen LogP contribution in [0.2, 0.25) is 0 Å². The predicted octanol–water partition coefficient (Wildman–Crippen LogP) is 3.76. The van der Waals surface area contributed by atoms with Gasteiger partial charge >= 0.3 is 0 Å². The van der Waals surface area contributed by atoms with Crippen molar-refractivity contribution in [2.45, 2.75) is 39.5 Å². The van der Waals surface area contributed by atoms with Crippen molar-refractivity contribution in [3.63, 3.8) is 0 Å². The highest BCUT2D eigenvalue weighted by molar-refractivity contribution is 6.00. The Morgan fingerprint density at radius 2 is 1.67 bits per heavy atom. The van der Waals surface area contributed by atoms with Crippen LogP contribution in [-0.2, 0) is 0 Å². The summed E-state index contributed by atoms with van der Waals surface area (Å²) in [5.74, 6) is 0.333. The van der Waals surface area contributed by atoms with Gasteiger partial charge in [-0.05, 0) is 19.8 Å². The van der Waals surface area contributed by atoms with Gasteiger partial charge in [0, 0.05) is 11.0 Å². The Morgan fingerprint density at radius 1 is 1.13 bits per heavy atom. The van der Waals surface area contributed by atoms with Crippen molar-refractivity contribution in [1.82, 2.24) is 0 Å². The monoisotopic (exact) mass is 202 g/mol. The lowest BCUT2D eigenvalue weighted by Gasteiger charge is -2.21. The van der Waals surface area contributed by atoms with Gasteiger partial charge in [0.15, 0.2) is 5.78 Å². The first kappa shape index (κ1) is 10.4. The Balaban J connectivity index is 2.24. The van der Waals surface area contributed by atoms with Gasteiger partial charge in [0.05, 0.1) is 0 Å². The summed E-state index contributed by atoms with van der Waals surface area (Å²) in [7, 11) is 0. The molecule has 0 saturated heterocycles. The van der Waals surface area contributed by atoms with Gasteiger partial charge in [-0.1, -0.05) is 49.6 Å². The van der Waals surface area contributed by atoms with E-state index < -0.39 is 0 Å². The molecular weight excluding hydrogens is 184 g/mol. The zero-order valence-electron chi connectivity index (χ0n) is 9.55. The number of hydrogen-bond acceptors (Lipinski definition) is 1. The molecule has 2 rings (SSSR count). The fourth-order valence-electron chi connectivity index (χ4n) is 2.44. The van der Waals surface area contributed by atoms with Crippen LogP contribution in [-0.4, -0.2) is 5.78 Å². The molecule has 0 atom stereocenters. The molecule has 0 spiro atoms. The van der Waals surface area contributed by atoms with Crippen LogP contribution in [0.3, 0.4) is 0 Å². The minimum atomic E-state index is -0.0880. The summed E-state index contributed by atoms with van der Waals surface area (Å²) in [6.45, 7) is 4.16. The Morgan fingerprint density at radius 3 is 2.20 bits per heavy atom. The van der Waals surface area contributed by atoms with E-state index in [1.807, 2.05) is 31.2 Å². The molecule has 0 bridgehead atoms. The summed E-state index contributed by atoms with van der Waals surface area (Å²) in [6.07, 6.45) is 4.52. The van der Waals surface area contributed by atoms with E-state index >= 15 is 0 Å². The molecule has 0 unspecified atom stereocenters. The highest BCUT2D eigenvalue weighted by Crippen LogP contribution is 2.40. The van der Waals surface area contributed by atoms with Gasteiger partial charge < -0.3 is 0 Å².